The van der Waals surface area contributed by atoms with Crippen LogP contribution in [-0.2, 0) is 16.6 Å². The first kappa shape index (κ1) is 16.2. The number of aromatic nitrogens is 2. The van der Waals surface area contributed by atoms with E-state index in [0.29, 0.717) is 30.4 Å². The molecule has 2 aromatic heterocycles. The summed E-state index contributed by atoms with van der Waals surface area (Å²) in [6.07, 6.45) is 1.93. The van der Waals surface area contributed by atoms with Crippen LogP contribution in [0.1, 0.15) is 42.1 Å². The Hall–Kier alpha value is -1.71. The number of hydrogen-bond donors (Lipinski definition) is 1. The van der Waals surface area contributed by atoms with Gasteiger partial charge >= 0.3 is 0 Å². The minimum atomic E-state index is -3.58. The van der Waals surface area contributed by atoms with E-state index in [1.807, 2.05) is 19.1 Å². The molecule has 0 bridgehead atoms. The SMILES string of the molecule is Cc1noc(CCNS(=O)(=O)N2CCCC2c2ccc(C)o2)n1. The highest BCUT2D eigenvalue weighted by Crippen LogP contribution is 2.34. The summed E-state index contributed by atoms with van der Waals surface area (Å²) in [4.78, 5) is 4.05. The van der Waals surface area contributed by atoms with Crippen molar-refractivity contribution in [1.29, 1.82) is 0 Å². The zero-order valence-electron chi connectivity index (χ0n) is 13.2. The van der Waals surface area contributed by atoms with Crippen molar-refractivity contribution in [3.8, 4) is 0 Å². The second-order valence-corrected chi connectivity index (χ2v) is 7.31. The largest absolute Gasteiger partial charge is 0.465 e. The van der Waals surface area contributed by atoms with Crippen LogP contribution in [0.5, 0.6) is 0 Å². The third-order valence-corrected chi connectivity index (χ3v) is 5.42. The third kappa shape index (κ3) is 3.62. The van der Waals surface area contributed by atoms with Gasteiger partial charge in [0, 0.05) is 19.5 Å². The minimum Gasteiger partial charge on any atom is -0.465 e. The molecule has 0 saturated carbocycles. The van der Waals surface area contributed by atoms with Crippen LogP contribution in [0, 0.1) is 13.8 Å². The van der Waals surface area contributed by atoms with Crippen LogP contribution in [0.25, 0.3) is 0 Å². The number of nitrogens with zero attached hydrogens (tertiary/aromatic N) is 3. The van der Waals surface area contributed by atoms with E-state index >= 15 is 0 Å². The first-order chi connectivity index (χ1) is 11.0. The molecule has 1 aliphatic heterocycles. The van der Waals surface area contributed by atoms with E-state index in [0.717, 1.165) is 18.6 Å². The van der Waals surface area contributed by atoms with Gasteiger partial charge in [-0.3, -0.25) is 0 Å². The van der Waals surface area contributed by atoms with Crippen molar-refractivity contribution >= 4 is 10.2 Å². The van der Waals surface area contributed by atoms with Crippen LogP contribution < -0.4 is 4.72 Å². The van der Waals surface area contributed by atoms with Gasteiger partial charge in [0.2, 0.25) is 5.89 Å². The fourth-order valence-corrected chi connectivity index (χ4v) is 4.20. The molecule has 1 saturated heterocycles. The molecule has 8 nitrogen and oxygen atoms in total. The summed E-state index contributed by atoms with van der Waals surface area (Å²) in [6.45, 7) is 4.27. The Morgan fingerprint density at radius 2 is 2.22 bits per heavy atom. The van der Waals surface area contributed by atoms with Gasteiger partial charge in [0.05, 0.1) is 6.04 Å². The monoisotopic (exact) mass is 340 g/mol. The number of furan rings is 1. The summed E-state index contributed by atoms with van der Waals surface area (Å²) >= 11 is 0. The summed E-state index contributed by atoms with van der Waals surface area (Å²) in [5.74, 6) is 2.43. The van der Waals surface area contributed by atoms with E-state index in [2.05, 4.69) is 14.9 Å². The molecule has 0 spiro atoms. The van der Waals surface area contributed by atoms with Gasteiger partial charge in [-0.25, -0.2) is 4.72 Å². The van der Waals surface area contributed by atoms with Gasteiger partial charge in [-0.1, -0.05) is 5.16 Å². The van der Waals surface area contributed by atoms with Crippen molar-refractivity contribution in [3.63, 3.8) is 0 Å². The summed E-state index contributed by atoms with van der Waals surface area (Å²) in [6, 6.07) is 3.45. The Morgan fingerprint density at radius 1 is 1.39 bits per heavy atom. The average molecular weight is 340 g/mol. The summed E-state index contributed by atoms with van der Waals surface area (Å²) in [7, 11) is -3.58. The predicted octanol–water partition coefficient (Wildman–Crippen LogP) is 1.49. The molecule has 2 aromatic rings. The number of aryl methyl sites for hydroxylation is 2. The van der Waals surface area contributed by atoms with Gasteiger partial charge in [-0.15, -0.1) is 0 Å². The molecule has 126 valence electrons. The average Bonchev–Trinajstić information content (AvgIpc) is 3.19. The topological polar surface area (TPSA) is 101 Å². The van der Waals surface area contributed by atoms with Crippen LogP contribution in [0.2, 0.25) is 0 Å². The molecular weight excluding hydrogens is 320 g/mol. The second-order valence-electron chi connectivity index (χ2n) is 5.60. The summed E-state index contributed by atoms with van der Waals surface area (Å²) < 4.78 is 39.7. The molecule has 1 atom stereocenters. The Bertz CT molecular complexity index is 767. The molecule has 0 radical (unpaired) electrons. The molecule has 0 amide bonds. The highest BCUT2D eigenvalue weighted by atomic mass is 32.2. The zero-order chi connectivity index (χ0) is 16.4. The van der Waals surface area contributed by atoms with Crippen molar-refractivity contribution in [2.45, 2.75) is 39.2 Å². The minimum absolute atomic E-state index is 0.213. The lowest BCUT2D eigenvalue weighted by Gasteiger charge is -2.22. The van der Waals surface area contributed by atoms with Gasteiger partial charge in [0.1, 0.15) is 11.5 Å². The van der Waals surface area contributed by atoms with Crippen molar-refractivity contribution in [2.24, 2.45) is 0 Å². The Labute approximate surface area is 135 Å². The molecule has 1 aliphatic rings. The van der Waals surface area contributed by atoms with E-state index in [1.54, 1.807) is 6.92 Å². The lowest BCUT2D eigenvalue weighted by Crippen LogP contribution is -2.41. The maximum absolute atomic E-state index is 12.5. The summed E-state index contributed by atoms with van der Waals surface area (Å²) in [5, 5.41) is 3.68. The van der Waals surface area contributed by atoms with E-state index < -0.39 is 10.2 Å². The van der Waals surface area contributed by atoms with Gasteiger partial charge in [0.25, 0.3) is 10.2 Å². The Morgan fingerprint density at radius 3 is 2.87 bits per heavy atom. The van der Waals surface area contributed by atoms with Crippen LogP contribution in [0.15, 0.2) is 21.1 Å². The molecule has 0 aliphatic carbocycles. The fraction of sp³-hybridized carbons (Fsp3) is 0.571. The molecule has 1 fully saturated rings. The standard InChI is InChI=1S/C14H20N4O4S/c1-10-5-6-13(21-10)12-4-3-9-18(12)23(19,20)15-8-7-14-16-11(2)17-22-14/h5-6,12,15H,3-4,7-9H2,1-2H3. The van der Waals surface area contributed by atoms with Gasteiger partial charge < -0.3 is 8.94 Å². The Balaban J connectivity index is 1.63. The lowest BCUT2D eigenvalue weighted by atomic mass is 10.2. The second kappa shape index (κ2) is 6.42. The van der Waals surface area contributed by atoms with E-state index in [-0.39, 0.29) is 12.6 Å². The fourth-order valence-electron chi connectivity index (χ4n) is 2.76. The van der Waals surface area contributed by atoms with Crippen LogP contribution >= 0.6 is 0 Å². The Kier molecular flexibility index (Phi) is 4.51. The zero-order valence-corrected chi connectivity index (χ0v) is 14.0. The molecular formula is C14H20N4O4S. The number of rotatable bonds is 6. The molecule has 9 heteroatoms. The normalized spacial score (nSPS) is 19.5. The first-order valence-electron chi connectivity index (χ1n) is 7.57. The maximum atomic E-state index is 12.5. The van der Waals surface area contributed by atoms with Gasteiger partial charge in [-0.05, 0) is 38.8 Å². The number of nitrogens with one attached hydrogen (secondary N) is 1. The maximum Gasteiger partial charge on any atom is 0.280 e. The van der Waals surface area contributed by atoms with E-state index in [9.17, 15) is 8.42 Å². The van der Waals surface area contributed by atoms with Gasteiger partial charge in [0.15, 0.2) is 5.82 Å². The molecule has 3 rings (SSSR count). The number of hydrogen-bond acceptors (Lipinski definition) is 6. The van der Waals surface area contributed by atoms with Crippen LogP contribution in [0.3, 0.4) is 0 Å². The summed E-state index contributed by atoms with van der Waals surface area (Å²) in [5.41, 5.74) is 0. The molecule has 23 heavy (non-hydrogen) atoms. The highest BCUT2D eigenvalue weighted by molar-refractivity contribution is 7.87. The van der Waals surface area contributed by atoms with Crippen LogP contribution in [-0.4, -0.2) is 36.0 Å². The third-order valence-electron chi connectivity index (χ3n) is 3.79. The first-order valence-corrected chi connectivity index (χ1v) is 9.02. The molecule has 1 unspecified atom stereocenters. The van der Waals surface area contributed by atoms with Gasteiger partial charge in [-0.2, -0.15) is 17.7 Å². The molecule has 1 N–H and O–H groups in total. The lowest BCUT2D eigenvalue weighted by molar-refractivity contribution is 0.329. The van der Waals surface area contributed by atoms with Crippen molar-refractivity contribution in [2.75, 3.05) is 13.1 Å². The highest BCUT2D eigenvalue weighted by Gasteiger charge is 2.36. The quantitative estimate of drug-likeness (QED) is 0.855. The van der Waals surface area contributed by atoms with Crippen LogP contribution in [0.4, 0.5) is 0 Å². The van der Waals surface area contributed by atoms with Crippen molar-refractivity contribution in [1.82, 2.24) is 19.2 Å². The van der Waals surface area contributed by atoms with E-state index in [1.165, 1.54) is 4.31 Å². The van der Waals surface area contributed by atoms with Crippen molar-refractivity contribution < 1.29 is 17.4 Å². The van der Waals surface area contributed by atoms with E-state index in [4.69, 9.17) is 8.94 Å². The van der Waals surface area contributed by atoms with Crippen molar-refractivity contribution in [3.05, 3.63) is 35.4 Å². The smallest absolute Gasteiger partial charge is 0.280 e. The molecule has 0 aromatic carbocycles. The molecule has 3 heterocycles. The predicted molar refractivity (Wildman–Crippen MR) is 81.8 cm³/mol.